The number of aryl methyl sites for hydroxylation is 1. The van der Waals surface area contributed by atoms with E-state index in [1.54, 1.807) is 18.2 Å². The zero-order valence-corrected chi connectivity index (χ0v) is 18.2. The summed E-state index contributed by atoms with van der Waals surface area (Å²) in [6, 6.07) is 16.0. The minimum Gasteiger partial charge on any atom is -0.481 e. The van der Waals surface area contributed by atoms with E-state index in [2.05, 4.69) is 0 Å². The molecule has 0 saturated carbocycles. The fourth-order valence-electron chi connectivity index (χ4n) is 3.59. The highest BCUT2D eigenvalue weighted by molar-refractivity contribution is 7.62. The van der Waals surface area contributed by atoms with E-state index < -0.39 is 25.9 Å². The third-order valence-corrected chi connectivity index (χ3v) is 7.23. The summed E-state index contributed by atoms with van der Waals surface area (Å²) < 4.78 is 31.8. The first-order chi connectivity index (χ1) is 14.7. The average Bonchev–Trinajstić information content (AvgIpc) is 2.72. The standard InChI is InChI=1S/C24H24FO5P/c1-16-13-18-5-3-4-6-22(18)24(17-7-9-19(25)10-8-17)21(16)11-12-31(29,30-2)15-20(26)14-23(27)28/h3-13,20,26H,14-15H2,1-2H3,(H,27,28). The quantitative estimate of drug-likeness (QED) is 0.438. The first-order valence-electron chi connectivity index (χ1n) is 9.74. The Morgan fingerprint density at radius 3 is 2.52 bits per heavy atom. The molecule has 0 saturated heterocycles. The predicted molar refractivity (Wildman–Crippen MR) is 121 cm³/mol. The third kappa shape index (κ3) is 5.47. The zero-order chi connectivity index (χ0) is 22.6. The zero-order valence-electron chi connectivity index (χ0n) is 17.3. The van der Waals surface area contributed by atoms with Gasteiger partial charge in [0.1, 0.15) is 5.82 Å². The van der Waals surface area contributed by atoms with Crippen molar-refractivity contribution in [1.82, 2.24) is 0 Å². The minimum atomic E-state index is -3.43. The Hall–Kier alpha value is -2.79. The molecule has 0 aliphatic carbocycles. The van der Waals surface area contributed by atoms with Gasteiger partial charge >= 0.3 is 5.97 Å². The maximum atomic E-state index is 13.5. The van der Waals surface area contributed by atoms with Crippen molar-refractivity contribution in [3.8, 4) is 11.1 Å². The van der Waals surface area contributed by atoms with Crippen LogP contribution in [0.1, 0.15) is 17.5 Å². The molecular weight excluding hydrogens is 418 g/mol. The van der Waals surface area contributed by atoms with Crippen molar-refractivity contribution in [2.45, 2.75) is 19.4 Å². The highest BCUT2D eigenvalue weighted by Crippen LogP contribution is 2.49. The number of hydrogen-bond donors (Lipinski definition) is 2. The molecule has 0 heterocycles. The number of fused-ring (bicyclic) bond motifs is 1. The molecule has 2 atom stereocenters. The van der Waals surface area contributed by atoms with Crippen LogP contribution in [0.3, 0.4) is 0 Å². The van der Waals surface area contributed by atoms with Crippen molar-refractivity contribution in [1.29, 1.82) is 0 Å². The first-order valence-corrected chi connectivity index (χ1v) is 11.6. The summed E-state index contributed by atoms with van der Waals surface area (Å²) in [4.78, 5) is 10.8. The van der Waals surface area contributed by atoms with Crippen molar-refractivity contribution in [3.63, 3.8) is 0 Å². The smallest absolute Gasteiger partial charge is 0.305 e. The van der Waals surface area contributed by atoms with Crippen LogP contribution in [0, 0.1) is 12.7 Å². The molecule has 2 N–H and O–H groups in total. The first kappa shape index (κ1) is 22.9. The maximum absolute atomic E-state index is 13.5. The number of rotatable bonds is 8. The summed E-state index contributed by atoms with van der Waals surface area (Å²) in [5, 5.41) is 20.8. The van der Waals surface area contributed by atoms with Gasteiger partial charge < -0.3 is 14.7 Å². The average molecular weight is 442 g/mol. The van der Waals surface area contributed by atoms with Gasteiger partial charge in [0.15, 0.2) is 0 Å². The molecule has 7 heteroatoms. The van der Waals surface area contributed by atoms with Crippen molar-refractivity contribution in [2.24, 2.45) is 0 Å². The number of carboxylic acid groups (broad SMARTS) is 1. The van der Waals surface area contributed by atoms with Crippen LogP contribution in [-0.2, 0) is 13.9 Å². The second-order valence-corrected chi connectivity index (χ2v) is 9.85. The molecule has 0 aliphatic heterocycles. The molecule has 0 spiro atoms. The van der Waals surface area contributed by atoms with Crippen LogP contribution in [0.2, 0.25) is 0 Å². The summed E-state index contributed by atoms with van der Waals surface area (Å²) >= 11 is 0. The fraction of sp³-hybridized carbons (Fsp3) is 0.208. The Morgan fingerprint density at radius 2 is 1.87 bits per heavy atom. The van der Waals surface area contributed by atoms with E-state index in [4.69, 9.17) is 9.63 Å². The number of aliphatic carboxylic acids is 1. The van der Waals surface area contributed by atoms with Crippen LogP contribution in [0.25, 0.3) is 28.0 Å². The van der Waals surface area contributed by atoms with E-state index in [1.165, 1.54) is 25.1 Å². The second-order valence-electron chi connectivity index (χ2n) is 7.37. The molecule has 0 amide bonds. The molecule has 0 aliphatic rings. The topological polar surface area (TPSA) is 83.8 Å². The Bertz CT molecular complexity index is 1170. The highest BCUT2D eigenvalue weighted by atomic mass is 31.2. The van der Waals surface area contributed by atoms with Gasteiger partial charge in [-0.3, -0.25) is 9.36 Å². The third-order valence-electron chi connectivity index (χ3n) is 5.08. The van der Waals surface area contributed by atoms with Gasteiger partial charge in [-0.05, 0) is 58.2 Å². The van der Waals surface area contributed by atoms with Crippen molar-refractivity contribution in [3.05, 3.63) is 77.4 Å². The summed E-state index contributed by atoms with van der Waals surface area (Å²) in [6.45, 7) is 1.93. The summed E-state index contributed by atoms with van der Waals surface area (Å²) in [5.41, 5.74) is 3.37. The van der Waals surface area contributed by atoms with E-state index in [1.807, 2.05) is 37.3 Å². The molecule has 0 bridgehead atoms. The van der Waals surface area contributed by atoms with Gasteiger partial charge in [0.2, 0.25) is 7.37 Å². The van der Waals surface area contributed by atoms with Crippen LogP contribution in [0.4, 0.5) is 4.39 Å². The largest absolute Gasteiger partial charge is 0.481 e. The Balaban J connectivity index is 2.12. The van der Waals surface area contributed by atoms with Crippen LogP contribution in [0.5, 0.6) is 0 Å². The van der Waals surface area contributed by atoms with Crippen LogP contribution in [0.15, 0.2) is 60.4 Å². The van der Waals surface area contributed by atoms with Gasteiger partial charge in [0.25, 0.3) is 0 Å². The van der Waals surface area contributed by atoms with E-state index in [0.717, 1.165) is 33.0 Å². The minimum absolute atomic E-state index is 0.301. The molecular formula is C24H24FO5P. The maximum Gasteiger partial charge on any atom is 0.305 e. The predicted octanol–water partition coefficient (Wildman–Crippen LogP) is 5.69. The number of benzene rings is 3. The summed E-state index contributed by atoms with van der Waals surface area (Å²) in [6.07, 6.45) is -0.428. The van der Waals surface area contributed by atoms with E-state index >= 15 is 0 Å². The number of aliphatic hydroxyl groups is 1. The molecule has 3 aromatic carbocycles. The lowest BCUT2D eigenvalue weighted by Crippen LogP contribution is -2.17. The van der Waals surface area contributed by atoms with E-state index in [9.17, 15) is 18.9 Å². The van der Waals surface area contributed by atoms with Crippen molar-refractivity contribution < 1.29 is 28.5 Å². The molecule has 2 unspecified atom stereocenters. The lowest BCUT2D eigenvalue weighted by atomic mass is 9.90. The second kappa shape index (κ2) is 9.56. The van der Waals surface area contributed by atoms with Crippen molar-refractivity contribution in [2.75, 3.05) is 13.3 Å². The lowest BCUT2D eigenvalue weighted by Gasteiger charge is -2.17. The molecule has 5 nitrogen and oxygen atoms in total. The van der Waals surface area contributed by atoms with E-state index in [-0.39, 0.29) is 12.0 Å². The van der Waals surface area contributed by atoms with Gasteiger partial charge in [0.05, 0.1) is 18.7 Å². The number of carbonyl (C=O) groups is 1. The fourth-order valence-corrected chi connectivity index (χ4v) is 5.08. The van der Waals surface area contributed by atoms with Gasteiger partial charge in [-0.25, -0.2) is 4.39 Å². The number of carboxylic acids is 1. The van der Waals surface area contributed by atoms with Gasteiger partial charge in [-0.1, -0.05) is 42.5 Å². The van der Waals surface area contributed by atoms with Gasteiger partial charge in [-0.2, -0.15) is 0 Å². The number of halogens is 1. The normalized spacial score (nSPS) is 14.6. The highest BCUT2D eigenvalue weighted by Gasteiger charge is 2.25. The molecule has 31 heavy (non-hydrogen) atoms. The van der Waals surface area contributed by atoms with Crippen LogP contribution >= 0.6 is 7.37 Å². The lowest BCUT2D eigenvalue weighted by molar-refractivity contribution is -0.138. The summed E-state index contributed by atoms with van der Waals surface area (Å²) in [7, 11) is -2.16. The molecule has 3 aromatic rings. The Labute approximate surface area is 180 Å². The Morgan fingerprint density at radius 1 is 1.19 bits per heavy atom. The van der Waals surface area contributed by atoms with Crippen molar-refractivity contribution >= 4 is 30.2 Å². The molecule has 0 radical (unpaired) electrons. The van der Waals surface area contributed by atoms with Gasteiger partial charge in [-0.15, -0.1) is 0 Å². The molecule has 162 valence electrons. The Kier molecular flexibility index (Phi) is 7.06. The summed E-state index contributed by atoms with van der Waals surface area (Å²) in [5.74, 6) is -0.112. The van der Waals surface area contributed by atoms with Gasteiger partial charge in [0, 0.05) is 12.9 Å². The monoisotopic (exact) mass is 442 g/mol. The van der Waals surface area contributed by atoms with Crippen LogP contribution < -0.4 is 0 Å². The SMILES string of the molecule is COP(=O)(C=Cc1c(C)cc2ccccc2c1-c1ccc(F)cc1)CC(O)CC(=O)O. The molecule has 0 fully saturated rings. The molecule has 3 rings (SSSR count). The number of hydrogen-bond acceptors (Lipinski definition) is 4. The van der Waals surface area contributed by atoms with Crippen LogP contribution in [-0.4, -0.2) is 35.6 Å². The number of aliphatic hydroxyl groups excluding tert-OH is 1. The van der Waals surface area contributed by atoms with E-state index in [0.29, 0.717) is 0 Å². The molecule has 0 aromatic heterocycles.